The second kappa shape index (κ2) is 8.16. The van der Waals surface area contributed by atoms with E-state index in [0.717, 1.165) is 48.9 Å². The van der Waals surface area contributed by atoms with Crippen molar-refractivity contribution in [2.45, 2.75) is 49.9 Å². The summed E-state index contributed by atoms with van der Waals surface area (Å²) in [6.07, 6.45) is 6.97. The van der Waals surface area contributed by atoms with E-state index in [2.05, 4.69) is 11.9 Å². The second-order valence-electron chi connectivity index (χ2n) is 6.86. The Morgan fingerprint density at radius 2 is 2.33 bits per heavy atom. The minimum absolute atomic E-state index is 0.0124. The molecule has 0 aromatic carbocycles. The standard InChI is InChI=1S/C19H23N3O3S2/c1-2-8-22-18(24)16-13-6-3-7-14(13)27-17(16)21-19(22)26-11-15(23)20-10-12-5-4-9-25-12/h2,12H,1,3-11H2,(H,20,23)/t12-/m1/s1. The van der Waals surface area contributed by atoms with Gasteiger partial charge in [0.25, 0.3) is 5.56 Å². The molecule has 27 heavy (non-hydrogen) atoms. The van der Waals surface area contributed by atoms with Gasteiger partial charge >= 0.3 is 0 Å². The smallest absolute Gasteiger partial charge is 0.263 e. The minimum Gasteiger partial charge on any atom is -0.376 e. The average Bonchev–Trinajstić information content (AvgIpc) is 3.37. The zero-order valence-electron chi connectivity index (χ0n) is 15.2. The first-order valence-electron chi connectivity index (χ1n) is 9.34. The van der Waals surface area contributed by atoms with Crippen LogP contribution in [0.4, 0.5) is 0 Å². The molecule has 1 saturated heterocycles. The molecule has 1 N–H and O–H groups in total. The Balaban J connectivity index is 1.52. The molecule has 3 heterocycles. The molecule has 1 fully saturated rings. The number of aryl methyl sites for hydroxylation is 2. The van der Waals surface area contributed by atoms with Crippen molar-refractivity contribution >= 4 is 39.2 Å². The number of thioether (sulfide) groups is 1. The van der Waals surface area contributed by atoms with Crippen molar-refractivity contribution in [2.24, 2.45) is 0 Å². The Morgan fingerprint density at radius 1 is 1.44 bits per heavy atom. The normalized spacial score (nSPS) is 18.7. The first-order chi connectivity index (χ1) is 13.2. The number of amides is 1. The van der Waals surface area contributed by atoms with Crippen molar-refractivity contribution in [1.82, 2.24) is 14.9 Å². The first kappa shape index (κ1) is 18.7. The van der Waals surface area contributed by atoms with E-state index in [0.29, 0.717) is 18.2 Å². The predicted octanol–water partition coefficient (Wildman–Crippen LogP) is 2.52. The molecule has 1 aliphatic carbocycles. The number of carbonyl (C=O) groups excluding carboxylic acids is 1. The molecule has 0 saturated carbocycles. The fourth-order valence-corrected chi connectivity index (χ4v) is 5.81. The maximum absolute atomic E-state index is 13.1. The van der Waals surface area contributed by atoms with Crippen LogP contribution in [0.5, 0.6) is 0 Å². The number of rotatable bonds is 7. The van der Waals surface area contributed by atoms with Gasteiger partial charge in [0.1, 0.15) is 4.83 Å². The topological polar surface area (TPSA) is 73.2 Å². The molecule has 4 rings (SSSR count). The molecule has 1 atom stereocenters. The van der Waals surface area contributed by atoms with Gasteiger partial charge in [0.05, 0.1) is 17.2 Å². The van der Waals surface area contributed by atoms with E-state index in [9.17, 15) is 9.59 Å². The highest BCUT2D eigenvalue weighted by molar-refractivity contribution is 7.99. The molecule has 0 bridgehead atoms. The lowest BCUT2D eigenvalue weighted by Gasteiger charge is -2.12. The van der Waals surface area contributed by atoms with Crippen LogP contribution in [-0.4, -0.2) is 40.5 Å². The van der Waals surface area contributed by atoms with Gasteiger partial charge in [0.2, 0.25) is 5.91 Å². The van der Waals surface area contributed by atoms with Gasteiger partial charge in [-0.2, -0.15) is 0 Å². The lowest BCUT2D eigenvalue weighted by Crippen LogP contribution is -2.33. The molecule has 2 aromatic heterocycles. The van der Waals surface area contributed by atoms with Gasteiger partial charge in [-0.05, 0) is 37.7 Å². The summed E-state index contributed by atoms with van der Waals surface area (Å²) in [5.41, 5.74) is 1.16. The fourth-order valence-electron chi connectivity index (χ4n) is 3.67. The van der Waals surface area contributed by atoms with Crippen LogP contribution in [0, 0.1) is 0 Å². The number of fused-ring (bicyclic) bond motifs is 3. The Bertz CT molecular complexity index is 928. The fraction of sp³-hybridized carbons (Fsp3) is 0.526. The molecular formula is C19H23N3O3S2. The summed E-state index contributed by atoms with van der Waals surface area (Å²) in [4.78, 5) is 32.0. The SMILES string of the molecule is C=CCn1c(SCC(=O)NC[C@H]2CCCO2)nc2sc3c(c2c1=O)CCC3. The summed E-state index contributed by atoms with van der Waals surface area (Å²) in [6, 6.07) is 0. The van der Waals surface area contributed by atoms with Gasteiger partial charge in [-0.25, -0.2) is 4.98 Å². The van der Waals surface area contributed by atoms with Crippen molar-refractivity contribution in [3.63, 3.8) is 0 Å². The quantitative estimate of drug-likeness (QED) is 0.435. The molecule has 1 amide bonds. The van der Waals surface area contributed by atoms with Crippen molar-refractivity contribution in [1.29, 1.82) is 0 Å². The third-order valence-electron chi connectivity index (χ3n) is 4.98. The number of nitrogens with zero attached hydrogens (tertiary/aromatic N) is 2. The van der Waals surface area contributed by atoms with Gasteiger partial charge in [-0.1, -0.05) is 17.8 Å². The second-order valence-corrected chi connectivity index (χ2v) is 8.89. The lowest BCUT2D eigenvalue weighted by atomic mass is 10.2. The molecular weight excluding hydrogens is 382 g/mol. The molecule has 2 aliphatic rings. The van der Waals surface area contributed by atoms with Crippen LogP contribution in [0.25, 0.3) is 10.2 Å². The molecule has 6 nitrogen and oxygen atoms in total. The summed E-state index contributed by atoms with van der Waals surface area (Å²) in [7, 11) is 0. The van der Waals surface area contributed by atoms with Gasteiger partial charge in [-0.3, -0.25) is 14.2 Å². The van der Waals surface area contributed by atoms with Crippen LogP contribution in [0.15, 0.2) is 22.6 Å². The maximum atomic E-state index is 13.1. The monoisotopic (exact) mass is 405 g/mol. The molecule has 1 aliphatic heterocycles. The molecule has 0 spiro atoms. The molecule has 2 aromatic rings. The Labute approximate surface area is 166 Å². The van der Waals surface area contributed by atoms with E-state index in [1.165, 1.54) is 22.2 Å². The van der Waals surface area contributed by atoms with Crippen molar-refractivity contribution < 1.29 is 9.53 Å². The van der Waals surface area contributed by atoms with Crippen LogP contribution in [0.1, 0.15) is 29.7 Å². The number of nitrogens with one attached hydrogen (secondary N) is 1. The van der Waals surface area contributed by atoms with Crippen LogP contribution >= 0.6 is 23.1 Å². The van der Waals surface area contributed by atoms with Crippen LogP contribution in [0.3, 0.4) is 0 Å². The van der Waals surface area contributed by atoms with Crippen LogP contribution in [-0.2, 0) is 28.9 Å². The molecule has 8 heteroatoms. The molecule has 0 radical (unpaired) electrons. The van der Waals surface area contributed by atoms with Crippen molar-refractivity contribution in [2.75, 3.05) is 18.9 Å². The Hall–Kier alpha value is -1.64. The first-order valence-corrected chi connectivity index (χ1v) is 11.1. The highest BCUT2D eigenvalue weighted by Gasteiger charge is 2.23. The van der Waals surface area contributed by atoms with E-state index < -0.39 is 0 Å². The highest BCUT2D eigenvalue weighted by atomic mass is 32.2. The largest absolute Gasteiger partial charge is 0.376 e. The highest BCUT2D eigenvalue weighted by Crippen LogP contribution is 2.35. The van der Waals surface area contributed by atoms with Crippen LogP contribution in [0.2, 0.25) is 0 Å². The van der Waals surface area contributed by atoms with Gasteiger partial charge in [0.15, 0.2) is 5.16 Å². The summed E-state index contributed by atoms with van der Waals surface area (Å²) in [5.74, 6) is 0.163. The van der Waals surface area contributed by atoms with Gasteiger partial charge in [-0.15, -0.1) is 17.9 Å². The number of thiophene rings is 1. The summed E-state index contributed by atoms with van der Waals surface area (Å²) < 4.78 is 7.16. The number of hydrogen-bond acceptors (Lipinski definition) is 6. The number of ether oxygens (including phenoxy) is 1. The van der Waals surface area contributed by atoms with E-state index in [1.54, 1.807) is 22.0 Å². The summed E-state index contributed by atoms with van der Waals surface area (Å²) in [5, 5.41) is 4.26. The van der Waals surface area contributed by atoms with Crippen molar-refractivity contribution in [3.8, 4) is 0 Å². The number of carbonyl (C=O) groups is 1. The Kier molecular flexibility index (Phi) is 5.66. The van der Waals surface area contributed by atoms with Gasteiger partial charge in [0, 0.05) is 24.6 Å². The lowest BCUT2D eigenvalue weighted by molar-refractivity contribution is -0.119. The van der Waals surface area contributed by atoms with E-state index in [4.69, 9.17) is 9.72 Å². The minimum atomic E-state index is -0.0660. The van der Waals surface area contributed by atoms with E-state index in [-0.39, 0.29) is 23.3 Å². The van der Waals surface area contributed by atoms with Crippen LogP contribution < -0.4 is 10.9 Å². The predicted molar refractivity (Wildman–Crippen MR) is 109 cm³/mol. The summed E-state index contributed by atoms with van der Waals surface area (Å²) >= 11 is 2.93. The summed E-state index contributed by atoms with van der Waals surface area (Å²) in [6.45, 7) is 5.48. The van der Waals surface area contributed by atoms with Crippen molar-refractivity contribution in [3.05, 3.63) is 33.4 Å². The zero-order valence-corrected chi connectivity index (χ0v) is 16.8. The molecule has 144 valence electrons. The third kappa shape index (κ3) is 3.83. The number of allylic oxidation sites excluding steroid dienone is 1. The zero-order chi connectivity index (χ0) is 18.8. The maximum Gasteiger partial charge on any atom is 0.263 e. The number of aromatic nitrogens is 2. The third-order valence-corrected chi connectivity index (χ3v) is 7.15. The Morgan fingerprint density at radius 3 is 3.11 bits per heavy atom. The van der Waals surface area contributed by atoms with E-state index >= 15 is 0 Å². The average molecular weight is 406 g/mol. The van der Waals surface area contributed by atoms with Gasteiger partial charge < -0.3 is 10.1 Å². The van der Waals surface area contributed by atoms with E-state index in [1.807, 2.05) is 0 Å². The molecule has 0 unspecified atom stereocenters. The number of hydrogen-bond donors (Lipinski definition) is 1.